The van der Waals surface area contributed by atoms with Gasteiger partial charge in [-0.25, -0.2) is 0 Å². The number of methoxy groups -OCH3 is 1. The fourth-order valence-corrected chi connectivity index (χ4v) is 5.16. The molecule has 1 aromatic carbocycles. The molecule has 1 saturated heterocycles. The van der Waals surface area contributed by atoms with Crippen LogP contribution in [0.2, 0.25) is 0 Å². The smallest absolute Gasteiger partial charge is 0.278 e. The van der Waals surface area contributed by atoms with Gasteiger partial charge < -0.3 is 14.5 Å². The molecule has 168 valence electrons. The number of hydrogen-bond acceptors (Lipinski definition) is 5. The predicted molar refractivity (Wildman–Crippen MR) is 122 cm³/mol. The van der Waals surface area contributed by atoms with Gasteiger partial charge in [-0.3, -0.25) is 14.5 Å². The highest BCUT2D eigenvalue weighted by atomic mass is 16.5. The van der Waals surface area contributed by atoms with Crippen molar-refractivity contribution in [1.29, 1.82) is 0 Å². The number of carbonyl (C=O) groups is 2. The standard InChI is InChI=1S/C25H35N3O3/c1-3-26-15-17-27(18-16-26)23-22(19-11-13-21(31-2)14-12-19)24(29)28(25(23)30)20-9-7-5-4-6-8-10-20/h11-14,20H,3-10,15-18H2,1-2H3. The highest BCUT2D eigenvalue weighted by Gasteiger charge is 2.44. The summed E-state index contributed by atoms with van der Waals surface area (Å²) in [4.78, 5) is 33.6. The van der Waals surface area contributed by atoms with E-state index in [1.54, 1.807) is 12.0 Å². The Morgan fingerprint density at radius 1 is 0.871 bits per heavy atom. The Kier molecular flexibility index (Phi) is 6.96. The molecule has 31 heavy (non-hydrogen) atoms. The number of amides is 2. The Morgan fingerprint density at radius 2 is 1.48 bits per heavy atom. The zero-order chi connectivity index (χ0) is 21.8. The van der Waals surface area contributed by atoms with Crippen LogP contribution in [0.15, 0.2) is 30.0 Å². The van der Waals surface area contributed by atoms with E-state index in [0.717, 1.165) is 69.7 Å². The number of rotatable bonds is 5. The first-order valence-corrected chi connectivity index (χ1v) is 11.9. The second kappa shape index (κ2) is 9.86. The SMILES string of the molecule is CCN1CCN(C2=C(c3ccc(OC)cc3)C(=O)N(C3CCCCCCC3)C2=O)CC1. The maximum absolute atomic E-state index is 13.7. The molecule has 2 amide bonds. The molecule has 2 fully saturated rings. The summed E-state index contributed by atoms with van der Waals surface area (Å²) >= 11 is 0. The average Bonchev–Trinajstić information content (AvgIpc) is 3.04. The molecule has 0 aromatic heterocycles. The number of carbonyl (C=O) groups excluding carboxylic acids is 2. The Labute approximate surface area is 185 Å². The van der Waals surface area contributed by atoms with E-state index in [-0.39, 0.29) is 17.9 Å². The lowest BCUT2D eigenvalue weighted by atomic mass is 9.95. The van der Waals surface area contributed by atoms with E-state index in [0.29, 0.717) is 11.3 Å². The Hall–Kier alpha value is -2.34. The summed E-state index contributed by atoms with van der Waals surface area (Å²) in [5, 5.41) is 0. The van der Waals surface area contributed by atoms with Crippen LogP contribution in [0.1, 0.15) is 57.4 Å². The molecular weight excluding hydrogens is 390 g/mol. The minimum Gasteiger partial charge on any atom is -0.497 e. The van der Waals surface area contributed by atoms with Crippen molar-refractivity contribution in [3.63, 3.8) is 0 Å². The lowest BCUT2D eigenvalue weighted by molar-refractivity contribution is -0.140. The van der Waals surface area contributed by atoms with E-state index in [1.807, 2.05) is 24.3 Å². The molecule has 0 atom stereocenters. The molecule has 0 N–H and O–H groups in total. The summed E-state index contributed by atoms with van der Waals surface area (Å²) in [5.74, 6) is 0.538. The van der Waals surface area contributed by atoms with Gasteiger partial charge in [-0.1, -0.05) is 51.2 Å². The third-order valence-electron chi connectivity index (χ3n) is 7.05. The van der Waals surface area contributed by atoms with Crippen LogP contribution in [0.3, 0.4) is 0 Å². The molecule has 2 aliphatic heterocycles. The summed E-state index contributed by atoms with van der Waals surface area (Å²) < 4.78 is 5.29. The van der Waals surface area contributed by atoms with Crippen LogP contribution in [0.5, 0.6) is 5.75 Å². The zero-order valence-corrected chi connectivity index (χ0v) is 18.9. The number of benzene rings is 1. The minimum absolute atomic E-state index is 0.0166. The summed E-state index contributed by atoms with van der Waals surface area (Å²) in [7, 11) is 1.63. The van der Waals surface area contributed by atoms with Crippen LogP contribution in [0.25, 0.3) is 5.57 Å². The third kappa shape index (κ3) is 4.49. The summed E-state index contributed by atoms with van der Waals surface area (Å²) in [6.45, 7) is 6.57. The van der Waals surface area contributed by atoms with Crippen LogP contribution in [-0.4, -0.2) is 72.4 Å². The van der Waals surface area contributed by atoms with Gasteiger partial charge >= 0.3 is 0 Å². The number of piperazine rings is 1. The Bertz CT molecular complexity index is 817. The average molecular weight is 426 g/mol. The Balaban J connectivity index is 1.68. The van der Waals surface area contributed by atoms with E-state index in [4.69, 9.17) is 4.74 Å². The topological polar surface area (TPSA) is 53.1 Å². The van der Waals surface area contributed by atoms with Gasteiger partial charge in [0.15, 0.2) is 0 Å². The van der Waals surface area contributed by atoms with Crippen molar-refractivity contribution in [2.75, 3.05) is 39.8 Å². The van der Waals surface area contributed by atoms with Crippen LogP contribution in [0.4, 0.5) is 0 Å². The molecule has 4 rings (SSSR count). The quantitative estimate of drug-likeness (QED) is 0.676. The Morgan fingerprint density at radius 3 is 2.06 bits per heavy atom. The van der Waals surface area contributed by atoms with E-state index in [9.17, 15) is 9.59 Å². The molecule has 0 spiro atoms. The van der Waals surface area contributed by atoms with Crippen LogP contribution in [0, 0.1) is 0 Å². The molecule has 0 radical (unpaired) electrons. The van der Waals surface area contributed by atoms with Crippen molar-refractivity contribution in [2.24, 2.45) is 0 Å². The van der Waals surface area contributed by atoms with E-state index in [2.05, 4.69) is 16.7 Å². The van der Waals surface area contributed by atoms with Gasteiger partial charge in [0, 0.05) is 32.2 Å². The number of nitrogens with zero attached hydrogens (tertiary/aromatic N) is 3. The van der Waals surface area contributed by atoms with Crippen molar-refractivity contribution in [1.82, 2.24) is 14.7 Å². The van der Waals surface area contributed by atoms with Gasteiger partial charge in [0.25, 0.3) is 11.8 Å². The number of imide groups is 1. The molecule has 6 heteroatoms. The molecule has 1 aromatic rings. The minimum atomic E-state index is -0.117. The molecule has 0 unspecified atom stereocenters. The molecule has 3 aliphatic rings. The largest absolute Gasteiger partial charge is 0.497 e. The fraction of sp³-hybridized carbons (Fsp3) is 0.600. The van der Waals surface area contributed by atoms with Crippen molar-refractivity contribution < 1.29 is 14.3 Å². The molecule has 1 aliphatic carbocycles. The lowest BCUT2D eigenvalue weighted by Gasteiger charge is -2.36. The second-order valence-electron chi connectivity index (χ2n) is 8.85. The fourth-order valence-electron chi connectivity index (χ4n) is 5.16. The monoisotopic (exact) mass is 425 g/mol. The van der Waals surface area contributed by atoms with Crippen LogP contribution >= 0.6 is 0 Å². The summed E-state index contributed by atoms with van der Waals surface area (Å²) in [6.07, 6.45) is 7.66. The zero-order valence-electron chi connectivity index (χ0n) is 18.9. The molecule has 6 nitrogen and oxygen atoms in total. The van der Waals surface area contributed by atoms with Gasteiger partial charge in [-0.2, -0.15) is 0 Å². The molecule has 2 heterocycles. The van der Waals surface area contributed by atoms with Gasteiger partial charge in [0.1, 0.15) is 11.4 Å². The molecule has 1 saturated carbocycles. The second-order valence-corrected chi connectivity index (χ2v) is 8.85. The van der Waals surface area contributed by atoms with E-state index in [1.165, 1.54) is 19.3 Å². The van der Waals surface area contributed by atoms with E-state index < -0.39 is 0 Å². The predicted octanol–water partition coefficient (Wildman–Crippen LogP) is 3.53. The van der Waals surface area contributed by atoms with Crippen molar-refractivity contribution >= 4 is 17.4 Å². The first-order chi connectivity index (χ1) is 15.1. The normalized spacial score (nSPS) is 22.1. The molecule has 0 bridgehead atoms. The number of hydrogen-bond donors (Lipinski definition) is 0. The maximum Gasteiger partial charge on any atom is 0.278 e. The highest BCUT2D eigenvalue weighted by molar-refractivity contribution is 6.35. The lowest BCUT2D eigenvalue weighted by Crippen LogP contribution is -2.48. The van der Waals surface area contributed by atoms with Crippen molar-refractivity contribution in [3.05, 3.63) is 35.5 Å². The highest BCUT2D eigenvalue weighted by Crippen LogP contribution is 2.36. The van der Waals surface area contributed by atoms with Crippen molar-refractivity contribution in [2.45, 2.75) is 57.9 Å². The first-order valence-electron chi connectivity index (χ1n) is 11.9. The van der Waals surface area contributed by atoms with Gasteiger partial charge in [0.2, 0.25) is 0 Å². The van der Waals surface area contributed by atoms with Gasteiger partial charge in [-0.15, -0.1) is 0 Å². The van der Waals surface area contributed by atoms with Gasteiger partial charge in [0.05, 0.1) is 12.7 Å². The summed E-state index contributed by atoms with van der Waals surface area (Å²) in [5.41, 5.74) is 1.98. The van der Waals surface area contributed by atoms with Crippen LogP contribution < -0.4 is 4.74 Å². The first kappa shape index (κ1) is 21.9. The summed E-state index contributed by atoms with van der Waals surface area (Å²) in [6, 6.07) is 7.56. The number of likely N-dealkylation sites (N-methyl/N-ethyl adjacent to an activating group) is 1. The van der Waals surface area contributed by atoms with Gasteiger partial charge in [-0.05, 0) is 37.1 Å². The van der Waals surface area contributed by atoms with Crippen molar-refractivity contribution in [3.8, 4) is 5.75 Å². The third-order valence-corrected chi connectivity index (χ3v) is 7.05. The van der Waals surface area contributed by atoms with Crippen LogP contribution in [-0.2, 0) is 9.59 Å². The van der Waals surface area contributed by atoms with E-state index >= 15 is 0 Å². The maximum atomic E-state index is 13.7. The molecular formula is C25H35N3O3. The number of ether oxygens (including phenoxy) is 1.